The molecule has 2 nitrogen and oxygen atoms in total. The molecule has 10 heavy (non-hydrogen) atoms. The lowest BCUT2D eigenvalue weighted by atomic mass is 10.5. The Labute approximate surface area is 69.4 Å². The topological polar surface area (TPSA) is 32.6 Å². The van der Waals surface area contributed by atoms with E-state index in [4.69, 9.17) is 5.21 Å². The van der Waals surface area contributed by atoms with Crippen LogP contribution in [0.4, 0.5) is 0 Å². The van der Waals surface area contributed by atoms with Crippen LogP contribution in [0, 0.1) is 0 Å². The van der Waals surface area contributed by atoms with Gasteiger partial charge in [0.1, 0.15) is 0 Å². The Bertz CT molecular complexity index is 132. The van der Waals surface area contributed by atoms with E-state index < -0.39 is 0 Å². The summed E-state index contributed by atoms with van der Waals surface area (Å²) < 4.78 is 0.0208. The lowest BCUT2D eigenvalue weighted by molar-refractivity contribution is 0.320. The molecule has 1 aliphatic heterocycles. The summed E-state index contributed by atoms with van der Waals surface area (Å²) in [6.45, 7) is 2.08. The number of thioether (sulfide) groups is 2. The fourth-order valence-corrected chi connectivity index (χ4v) is 3.48. The molecule has 1 heterocycles. The SMILES string of the molecule is CC1(C=NO)SCCCS1. The Morgan fingerprint density at radius 3 is 2.60 bits per heavy atom. The second kappa shape index (κ2) is 3.53. The molecule has 0 unspecified atom stereocenters. The quantitative estimate of drug-likeness (QED) is 0.378. The maximum atomic E-state index is 8.33. The molecule has 0 spiro atoms. The summed E-state index contributed by atoms with van der Waals surface area (Å²) in [7, 11) is 0. The molecule has 1 saturated heterocycles. The predicted molar refractivity (Wildman–Crippen MR) is 48.2 cm³/mol. The fourth-order valence-electron chi connectivity index (χ4n) is 0.830. The third kappa shape index (κ3) is 2.09. The average Bonchev–Trinajstić information content (AvgIpc) is 1.89. The first-order valence-corrected chi connectivity index (χ1v) is 5.20. The highest BCUT2D eigenvalue weighted by molar-refractivity contribution is 8.19. The third-order valence-corrected chi connectivity index (χ3v) is 4.41. The van der Waals surface area contributed by atoms with Crippen molar-refractivity contribution in [2.45, 2.75) is 17.4 Å². The van der Waals surface area contributed by atoms with Gasteiger partial charge in [-0.25, -0.2) is 0 Å². The average molecular weight is 177 g/mol. The molecular weight excluding hydrogens is 166 g/mol. The van der Waals surface area contributed by atoms with Crippen LogP contribution in [0.5, 0.6) is 0 Å². The van der Waals surface area contributed by atoms with Crippen molar-refractivity contribution in [3.05, 3.63) is 0 Å². The molecule has 0 aromatic rings. The lowest BCUT2D eigenvalue weighted by Gasteiger charge is -2.27. The summed E-state index contributed by atoms with van der Waals surface area (Å²) in [6.07, 6.45) is 2.88. The maximum Gasteiger partial charge on any atom is 0.0965 e. The van der Waals surface area contributed by atoms with Crippen molar-refractivity contribution in [1.82, 2.24) is 0 Å². The van der Waals surface area contributed by atoms with Gasteiger partial charge in [-0.3, -0.25) is 0 Å². The van der Waals surface area contributed by atoms with E-state index in [1.165, 1.54) is 17.9 Å². The van der Waals surface area contributed by atoms with E-state index in [1.54, 1.807) is 6.21 Å². The van der Waals surface area contributed by atoms with E-state index in [0.29, 0.717) is 0 Å². The molecule has 1 N–H and O–H groups in total. The van der Waals surface area contributed by atoms with Gasteiger partial charge in [-0.05, 0) is 24.9 Å². The van der Waals surface area contributed by atoms with E-state index in [1.807, 2.05) is 23.5 Å². The van der Waals surface area contributed by atoms with Crippen molar-refractivity contribution in [3.63, 3.8) is 0 Å². The highest BCUT2D eigenvalue weighted by Gasteiger charge is 2.26. The summed E-state index contributed by atoms with van der Waals surface area (Å²) in [6, 6.07) is 0. The van der Waals surface area contributed by atoms with Gasteiger partial charge in [-0.2, -0.15) is 0 Å². The molecule has 1 rings (SSSR count). The number of oxime groups is 1. The first-order chi connectivity index (χ1) is 4.77. The van der Waals surface area contributed by atoms with Crippen LogP contribution in [0.1, 0.15) is 13.3 Å². The van der Waals surface area contributed by atoms with Crippen LogP contribution in [-0.2, 0) is 0 Å². The van der Waals surface area contributed by atoms with Crippen LogP contribution in [0.2, 0.25) is 0 Å². The summed E-state index contributed by atoms with van der Waals surface area (Å²) in [5, 5.41) is 11.4. The van der Waals surface area contributed by atoms with Gasteiger partial charge in [-0.15, -0.1) is 23.5 Å². The lowest BCUT2D eigenvalue weighted by Crippen LogP contribution is -2.22. The normalized spacial score (nSPS) is 25.3. The Kier molecular flexibility index (Phi) is 2.92. The van der Waals surface area contributed by atoms with Gasteiger partial charge < -0.3 is 5.21 Å². The van der Waals surface area contributed by atoms with Crippen LogP contribution in [-0.4, -0.2) is 27.0 Å². The minimum absolute atomic E-state index is 0.0208. The van der Waals surface area contributed by atoms with E-state index in [-0.39, 0.29) is 4.08 Å². The van der Waals surface area contributed by atoms with E-state index in [2.05, 4.69) is 12.1 Å². The summed E-state index contributed by atoms with van der Waals surface area (Å²) in [5.74, 6) is 2.35. The third-order valence-electron chi connectivity index (χ3n) is 1.36. The van der Waals surface area contributed by atoms with Crippen molar-refractivity contribution in [3.8, 4) is 0 Å². The smallest absolute Gasteiger partial charge is 0.0965 e. The Hall–Kier alpha value is 0.170. The summed E-state index contributed by atoms with van der Waals surface area (Å²) in [5.41, 5.74) is 0. The predicted octanol–water partition coefficient (Wildman–Crippen LogP) is 2.03. The Morgan fingerprint density at radius 2 is 2.10 bits per heavy atom. The van der Waals surface area contributed by atoms with Gasteiger partial charge in [0.15, 0.2) is 0 Å². The Morgan fingerprint density at radius 1 is 1.50 bits per heavy atom. The van der Waals surface area contributed by atoms with Gasteiger partial charge >= 0.3 is 0 Å². The number of hydrogen-bond donors (Lipinski definition) is 1. The van der Waals surface area contributed by atoms with Gasteiger partial charge in [0.05, 0.1) is 10.3 Å². The molecule has 0 aliphatic carbocycles. The Balaban J connectivity index is 2.48. The molecule has 0 amide bonds. The molecule has 0 bridgehead atoms. The van der Waals surface area contributed by atoms with Crippen LogP contribution < -0.4 is 0 Å². The molecule has 1 aliphatic rings. The van der Waals surface area contributed by atoms with Crippen LogP contribution in [0.25, 0.3) is 0 Å². The van der Waals surface area contributed by atoms with Crippen molar-refractivity contribution in [2.24, 2.45) is 5.16 Å². The molecule has 1 fully saturated rings. The monoisotopic (exact) mass is 177 g/mol. The molecule has 0 aromatic heterocycles. The maximum absolute atomic E-state index is 8.33. The molecule has 0 saturated carbocycles. The van der Waals surface area contributed by atoms with Crippen molar-refractivity contribution >= 4 is 29.7 Å². The van der Waals surface area contributed by atoms with E-state index in [9.17, 15) is 0 Å². The molecule has 0 aromatic carbocycles. The molecular formula is C6H11NOS2. The highest BCUT2D eigenvalue weighted by atomic mass is 32.2. The van der Waals surface area contributed by atoms with Gasteiger partial charge in [0, 0.05) is 0 Å². The molecule has 0 atom stereocenters. The minimum Gasteiger partial charge on any atom is -0.411 e. The molecule has 58 valence electrons. The zero-order valence-corrected chi connectivity index (χ0v) is 7.54. The number of nitrogens with zero attached hydrogens (tertiary/aromatic N) is 1. The fraction of sp³-hybridized carbons (Fsp3) is 0.833. The second-order valence-electron chi connectivity index (χ2n) is 2.31. The minimum atomic E-state index is 0.0208. The van der Waals surface area contributed by atoms with Crippen molar-refractivity contribution in [1.29, 1.82) is 0 Å². The molecule has 4 heteroatoms. The zero-order valence-electron chi connectivity index (χ0n) is 5.91. The number of rotatable bonds is 1. The first-order valence-electron chi connectivity index (χ1n) is 3.23. The van der Waals surface area contributed by atoms with Gasteiger partial charge in [-0.1, -0.05) is 5.16 Å². The van der Waals surface area contributed by atoms with E-state index >= 15 is 0 Å². The van der Waals surface area contributed by atoms with Crippen LogP contribution >= 0.6 is 23.5 Å². The number of hydrogen-bond acceptors (Lipinski definition) is 4. The first kappa shape index (κ1) is 8.27. The van der Waals surface area contributed by atoms with Gasteiger partial charge in [0.2, 0.25) is 0 Å². The van der Waals surface area contributed by atoms with Crippen LogP contribution in [0.3, 0.4) is 0 Å². The standard InChI is InChI=1S/C6H11NOS2/c1-6(5-7-8)9-3-2-4-10-6/h5,8H,2-4H2,1H3. The highest BCUT2D eigenvalue weighted by Crippen LogP contribution is 2.39. The van der Waals surface area contributed by atoms with Crippen LogP contribution in [0.15, 0.2) is 5.16 Å². The zero-order chi connectivity index (χ0) is 7.45. The second-order valence-corrected chi connectivity index (χ2v) is 5.66. The summed E-state index contributed by atoms with van der Waals surface area (Å²) >= 11 is 3.69. The van der Waals surface area contributed by atoms with E-state index in [0.717, 1.165) is 0 Å². The molecule has 0 radical (unpaired) electrons. The van der Waals surface area contributed by atoms with Crippen molar-refractivity contribution < 1.29 is 5.21 Å². The summed E-state index contributed by atoms with van der Waals surface area (Å²) in [4.78, 5) is 0. The van der Waals surface area contributed by atoms with Gasteiger partial charge in [0.25, 0.3) is 0 Å². The largest absolute Gasteiger partial charge is 0.411 e. The van der Waals surface area contributed by atoms with Crippen molar-refractivity contribution in [2.75, 3.05) is 11.5 Å².